The predicted octanol–water partition coefficient (Wildman–Crippen LogP) is 3.08. The van der Waals surface area contributed by atoms with Crippen molar-refractivity contribution in [2.75, 3.05) is 27.4 Å². The summed E-state index contributed by atoms with van der Waals surface area (Å²) >= 11 is 0. The summed E-state index contributed by atoms with van der Waals surface area (Å²) in [6.45, 7) is 3.62. The molecule has 0 unspecified atom stereocenters. The second kappa shape index (κ2) is 24.1. The van der Waals surface area contributed by atoms with Crippen molar-refractivity contribution >= 4 is 29.8 Å². The maximum Gasteiger partial charge on any atom is 0.366 e. The molecule has 11 atom stereocenters. The lowest BCUT2D eigenvalue weighted by atomic mass is 9.88. The summed E-state index contributed by atoms with van der Waals surface area (Å²) in [5.41, 5.74) is 2.56. The average molecular weight is 896 g/mol. The maximum atomic E-state index is 14.0. The van der Waals surface area contributed by atoms with E-state index in [9.17, 15) is 29.1 Å². The molecule has 2 fully saturated rings. The van der Waals surface area contributed by atoms with Crippen molar-refractivity contribution in [2.45, 2.75) is 121 Å². The molecule has 0 spiro atoms. The van der Waals surface area contributed by atoms with E-state index in [4.69, 9.17) is 52.1 Å². The Morgan fingerprint density at radius 2 is 1.23 bits per heavy atom. The van der Waals surface area contributed by atoms with Crippen molar-refractivity contribution in [3.8, 4) is 0 Å². The minimum atomic E-state index is -2.51. The van der Waals surface area contributed by atoms with Crippen LogP contribution in [0.25, 0.3) is 0 Å². The van der Waals surface area contributed by atoms with E-state index in [0.717, 1.165) is 44.6 Å². The van der Waals surface area contributed by atoms with Crippen LogP contribution in [0.2, 0.25) is 0 Å². The number of hydrogen-bond donors (Lipinski definition) is 2. The molecule has 0 bridgehead atoms. The van der Waals surface area contributed by atoms with Crippen molar-refractivity contribution in [3.05, 3.63) is 108 Å². The molecule has 2 heterocycles. The summed E-state index contributed by atoms with van der Waals surface area (Å²) in [5.74, 6) is -6.82. The van der Waals surface area contributed by atoms with Crippen LogP contribution in [0.3, 0.4) is 0 Å². The summed E-state index contributed by atoms with van der Waals surface area (Å²) in [5, 5.41) is 14.4. The quantitative estimate of drug-likeness (QED) is 0.116. The summed E-state index contributed by atoms with van der Waals surface area (Å²) in [4.78, 5) is 63.5. The number of aliphatic hydroxyl groups is 1. The van der Waals surface area contributed by atoms with Crippen LogP contribution in [0.15, 0.2) is 91.0 Å². The van der Waals surface area contributed by atoms with E-state index in [1.54, 1.807) is 0 Å². The summed E-state index contributed by atoms with van der Waals surface area (Å²) in [7, 11) is 2.50. The highest BCUT2D eigenvalue weighted by Gasteiger charge is 2.59. The predicted molar refractivity (Wildman–Crippen MR) is 222 cm³/mol. The molecule has 2 aliphatic rings. The van der Waals surface area contributed by atoms with Crippen LogP contribution in [0, 0.1) is 0 Å². The fourth-order valence-electron chi connectivity index (χ4n) is 7.53. The highest BCUT2D eigenvalue weighted by Crippen LogP contribution is 2.38. The first-order valence-electron chi connectivity index (χ1n) is 20.7. The third-order valence-corrected chi connectivity index (χ3v) is 10.4. The lowest BCUT2D eigenvalue weighted by Gasteiger charge is -2.49. The van der Waals surface area contributed by atoms with E-state index in [2.05, 4.69) is 5.32 Å². The molecule has 0 radical (unpaired) electrons. The fraction of sp³-hybridized carbons (Fsp3) is 0.500. The fourth-order valence-corrected chi connectivity index (χ4v) is 7.53. The Morgan fingerprint density at radius 3 is 1.70 bits per heavy atom. The Bertz CT molecular complexity index is 1960. The second-order valence-electron chi connectivity index (χ2n) is 15.2. The standard InChI is InChI=1S/C46H57NO17/c1-28(48)47-38-35(52)22-46(45(53)55-6,64-41(38)40(62-31(4)51)36(61-30(3)50)26-56-29(2)49)60-27-37-39(57-23-32-16-10-7-11-17-32)42(58-24-33-18-12-8-13-19-33)43(44(54-5)63-37)59-25-34-20-14-9-15-21-34/h7-21,35-44,52H,22-27H2,1-6H3,(H,47,48)/t35-,36+,37+,38+,39-,40+,41+,42-,43+,44-,46-/m0/s1. The number of ether oxygens (including phenoxy) is 11. The molecule has 18 nitrogen and oxygen atoms in total. The molecule has 348 valence electrons. The van der Waals surface area contributed by atoms with Gasteiger partial charge in [0.2, 0.25) is 5.91 Å². The topological polar surface area (TPSA) is 219 Å². The Hall–Kier alpha value is -5.31. The van der Waals surface area contributed by atoms with Crippen LogP contribution in [-0.4, -0.2) is 129 Å². The van der Waals surface area contributed by atoms with Crippen molar-refractivity contribution in [3.63, 3.8) is 0 Å². The number of carbonyl (C=O) groups is 5. The second-order valence-corrected chi connectivity index (χ2v) is 15.2. The molecule has 18 heteroatoms. The molecule has 2 N–H and O–H groups in total. The highest BCUT2D eigenvalue weighted by atomic mass is 16.8. The van der Waals surface area contributed by atoms with Gasteiger partial charge in [-0.15, -0.1) is 0 Å². The van der Waals surface area contributed by atoms with Gasteiger partial charge >= 0.3 is 23.9 Å². The van der Waals surface area contributed by atoms with Crippen LogP contribution in [0.5, 0.6) is 0 Å². The van der Waals surface area contributed by atoms with Crippen LogP contribution in [0.4, 0.5) is 0 Å². The van der Waals surface area contributed by atoms with E-state index in [1.165, 1.54) is 14.0 Å². The number of hydrogen-bond acceptors (Lipinski definition) is 17. The van der Waals surface area contributed by atoms with Gasteiger partial charge in [0.25, 0.3) is 5.79 Å². The summed E-state index contributed by atoms with van der Waals surface area (Å²) < 4.78 is 66.5. The zero-order valence-electron chi connectivity index (χ0n) is 36.7. The molecular formula is C46H57NO17. The molecule has 3 aromatic carbocycles. The van der Waals surface area contributed by atoms with Crippen molar-refractivity contribution in [1.82, 2.24) is 5.32 Å². The third kappa shape index (κ3) is 13.8. The van der Waals surface area contributed by atoms with Crippen molar-refractivity contribution in [1.29, 1.82) is 0 Å². The number of nitrogens with one attached hydrogen (secondary N) is 1. The molecule has 1 amide bonds. The first kappa shape index (κ1) is 49.7. The summed E-state index contributed by atoms with van der Waals surface area (Å²) in [6, 6.07) is 26.9. The van der Waals surface area contributed by atoms with Gasteiger partial charge in [0.05, 0.1) is 45.7 Å². The highest BCUT2D eigenvalue weighted by molar-refractivity contribution is 5.78. The van der Waals surface area contributed by atoms with Gasteiger partial charge in [-0.05, 0) is 16.7 Å². The van der Waals surface area contributed by atoms with Gasteiger partial charge in [0, 0.05) is 41.2 Å². The Morgan fingerprint density at radius 1 is 0.719 bits per heavy atom. The molecule has 0 aliphatic carbocycles. The van der Waals surface area contributed by atoms with E-state index in [1.807, 2.05) is 91.0 Å². The van der Waals surface area contributed by atoms with E-state index < -0.39 is 116 Å². The first-order chi connectivity index (χ1) is 30.7. The number of amides is 1. The molecule has 3 aromatic rings. The Kier molecular flexibility index (Phi) is 18.7. The minimum absolute atomic E-state index is 0.0847. The number of methoxy groups -OCH3 is 2. The number of rotatable bonds is 21. The molecule has 64 heavy (non-hydrogen) atoms. The van der Waals surface area contributed by atoms with Gasteiger partial charge in [-0.25, -0.2) is 4.79 Å². The molecule has 0 saturated carbocycles. The smallest absolute Gasteiger partial charge is 0.366 e. The van der Waals surface area contributed by atoms with E-state index >= 15 is 0 Å². The number of aliphatic hydroxyl groups excluding tert-OH is 1. The van der Waals surface area contributed by atoms with Gasteiger partial charge in [-0.1, -0.05) is 91.0 Å². The normalized spacial score (nSPS) is 26.4. The van der Waals surface area contributed by atoms with Gasteiger partial charge in [-0.3, -0.25) is 19.2 Å². The average Bonchev–Trinajstić information content (AvgIpc) is 3.28. The third-order valence-electron chi connectivity index (χ3n) is 10.4. The van der Waals surface area contributed by atoms with Gasteiger partial charge in [0.15, 0.2) is 18.5 Å². The van der Waals surface area contributed by atoms with Crippen LogP contribution in [-0.2, 0) is 95.9 Å². The Labute approximate surface area is 371 Å². The summed E-state index contributed by atoms with van der Waals surface area (Å²) in [6.07, 6.45) is -12.3. The largest absolute Gasteiger partial charge is 0.465 e. The van der Waals surface area contributed by atoms with Gasteiger partial charge < -0.3 is 62.5 Å². The monoisotopic (exact) mass is 895 g/mol. The zero-order valence-corrected chi connectivity index (χ0v) is 36.7. The minimum Gasteiger partial charge on any atom is -0.465 e. The zero-order chi connectivity index (χ0) is 46.2. The molecule has 2 saturated heterocycles. The number of benzene rings is 3. The van der Waals surface area contributed by atoms with Crippen LogP contribution >= 0.6 is 0 Å². The van der Waals surface area contributed by atoms with Crippen molar-refractivity contribution in [2.24, 2.45) is 0 Å². The van der Waals surface area contributed by atoms with Crippen molar-refractivity contribution < 1.29 is 81.2 Å². The molecular weight excluding hydrogens is 838 g/mol. The Balaban J connectivity index is 1.55. The molecule has 5 rings (SSSR count). The van der Waals surface area contributed by atoms with E-state index in [0.29, 0.717) is 0 Å². The van der Waals surface area contributed by atoms with E-state index in [-0.39, 0.29) is 19.8 Å². The first-order valence-corrected chi connectivity index (χ1v) is 20.7. The SMILES string of the molecule is COC(=O)[C@]1(OC[C@H]2O[C@H](OC)[C@H](OCc3ccccc3)[C@@H](OCc3ccccc3)[C@H]2OCc2ccccc2)C[C@H](O)[C@@H](NC(C)=O)[C@H]([C@H](OC(C)=O)[C@@H](COC(C)=O)OC(C)=O)O1. The van der Waals surface area contributed by atoms with Crippen LogP contribution < -0.4 is 5.32 Å². The molecule has 0 aromatic heterocycles. The van der Waals surface area contributed by atoms with Crippen LogP contribution in [0.1, 0.15) is 50.8 Å². The molecule has 2 aliphatic heterocycles. The maximum absolute atomic E-state index is 14.0. The number of carbonyl (C=O) groups excluding carboxylic acids is 5. The van der Waals surface area contributed by atoms with Gasteiger partial charge in [-0.2, -0.15) is 0 Å². The number of esters is 4. The lowest BCUT2D eigenvalue weighted by Crippen LogP contribution is -2.69. The van der Waals surface area contributed by atoms with Gasteiger partial charge in [0.1, 0.15) is 37.1 Å². The lowest BCUT2D eigenvalue weighted by molar-refractivity contribution is -0.348.